The summed E-state index contributed by atoms with van der Waals surface area (Å²) in [5.74, 6) is 0. The molecule has 0 bridgehead atoms. The van der Waals surface area contributed by atoms with Gasteiger partial charge < -0.3 is 4.57 Å². The molecular formula is C8H7Br2NO. The first kappa shape index (κ1) is 8.51. The van der Waals surface area contributed by atoms with Crippen LogP contribution in [0.25, 0.3) is 0 Å². The van der Waals surface area contributed by atoms with Gasteiger partial charge in [0.05, 0.1) is 4.47 Å². The maximum atomic E-state index is 11.5. The lowest BCUT2D eigenvalue weighted by molar-refractivity contribution is 0.716. The van der Waals surface area contributed by atoms with Crippen molar-refractivity contribution >= 4 is 31.9 Å². The molecule has 1 aliphatic heterocycles. The fourth-order valence-electron chi connectivity index (χ4n) is 1.53. The van der Waals surface area contributed by atoms with E-state index in [1.54, 1.807) is 0 Å². The highest BCUT2D eigenvalue weighted by molar-refractivity contribution is 9.11. The van der Waals surface area contributed by atoms with Crippen molar-refractivity contribution in [1.29, 1.82) is 0 Å². The minimum atomic E-state index is 0.0886. The third kappa shape index (κ3) is 1.17. The van der Waals surface area contributed by atoms with Crippen LogP contribution in [0.3, 0.4) is 0 Å². The zero-order valence-electron chi connectivity index (χ0n) is 6.31. The van der Waals surface area contributed by atoms with Crippen LogP contribution in [-0.4, -0.2) is 4.57 Å². The van der Waals surface area contributed by atoms with Crippen molar-refractivity contribution in [2.24, 2.45) is 0 Å². The Morgan fingerprint density at radius 1 is 1.33 bits per heavy atom. The van der Waals surface area contributed by atoms with Crippen molar-refractivity contribution in [2.45, 2.75) is 19.4 Å². The fourth-order valence-corrected chi connectivity index (χ4v) is 2.92. The van der Waals surface area contributed by atoms with E-state index in [1.807, 2.05) is 10.6 Å². The Morgan fingerprint density at radius 2 is 2.08 bits per heavy atom. The largest absolute Gasteiger partial charge is 0.311 e. The van der Waals surface area contributed by atoms with Gasteiger partial charge in [0.1, 0.15) is 0 Å². The number of hydrogen-bond acceptors (Lipinski definition) is 1. The lowest BCUT2D eigenvalue weighted by atomic mass is 10.3. The minimum absolute atomic E-state index is 0.0886. The Morgan fingerprint density at radius 3 is 2.83 bits per heavy atom. The highest BCUT2D eigenvalue weighted by atomic mass is 79.9. The first-order valence-corrected chi connectivity index (χ1v) is 5.36. The van der Waals surface area contributed by atoms with Crippen LogP contribution in [0.2, 0.25) is 0 Å². The quantitative estimate of drug-likeness (QED) is 0.719. The summed E-state index contributed by atoms with van der Waals surface area (Å²) in [5, 5.41) is 0. The zero-order valence-corrected chi connectivity index (χ0v) is 9.48. The molecule has 0 aliphatic carbocycles. The van der Waals surface area contributed by atoms with Gasteiger partial charge in [0.15, 0.2) is 0 Å². The van der Waals surface area contributed by atoms with E-state index in [4.69, 9.17) is 0 Å². The molecule has 0 amide bonds. The van der Waals surface area contributed by atoms with E-state index in [2.05, 4.69) is 31.9 Å². The first-order valence-electron chi connectivity index (χ1n) is 3.78. The average molecular weight is 293 g/mol. The number of halogens is 2. The van der Waals surface area contributed by atoms with Crippen molar-refractivity contribution in [3.8, 4) is 0 Å². The van der Waals surface area contributed by atoms with Gasteiger partial charge in [0.25, 0.3) is 5.56 Å². The predicted octanol–water partition coefficient (Wildman–Crippen LogP) is 2.32. The molecule has 0 saturated heterocycles. The molecule has 0 unspecified atom stereocenters. The van der Waals surface area contributed by atoms with Crippen molar-refractivity contribution in [1.82, 2.24) is 4.57 Å². The van der Waals surface area contributed by atoms with Gasteiger partial charge in [-0.05, 0) is 50.8 Å². The first-order chi connectivity index (χ1) is 5.70. The smallest absolute Gasteiger partial charge is 0.265 e. The van der Waals surface area contributed by atoms with E-state index in [0.29, 0.717) is 4.47 Å². The summed E-state index contributed by atoms with van der Waals surface area (Å²) in [4.78, 5) is 11.5. The summed E-state index contributed by atoms with van der Waals surface area (Å²) < 4.78 is 3.50. The van der Waals surface area contributed by atoms with Gasteiger partial charge in [0, 0.05) is 16.7 Å². The van der Waals surface area contributed by atoms with Crippen LogP contribution >= 0.6 is 31.9 Å². The van der Waals surface area contributed by atoms with Crippen LogP contribution in [0.5, 0.6) is 0 Å². The van der Waals surface area contributed by atoms with Gasteiger partial charge in [-0.3, -0.25) is 4.79 Å². The number of pyridine rings is 1. The van der Waals surface area contributed by atoms with E-state index in [0.717, 1.165) is 29.6 Å². The van der Waals surface area contributed by atoms with Crippen LogP contribution in [0, 0.1) is 0 Å². The number of rotatable bonds is 0. The molecular weight excluding hydrogens is 286 g/mol. The summed E-state index contributed by atoms with van der Waals surface area (Å²) in [6.45, 7) is 0.853. The van der Waals surface area contributed by atoms with Crippen LogP contribution < -0.4 is 5.56 Å². The molecule has 2 rings (SSSR count). The number of aromatic nitrogens is 1. The second kappa shape index (κ2) is 3.00. The van der Waals surface area contributed by atoms with Crippen molar-refractivity contribution < 1.29 is 0 Å². The Hall–Kier alpha value is -0.0900. The third-order valence-corrected chi connectivity index (χ3v) is 3.35. The average Bonchev–Trinajstić information content (AvgIpc) is 2.48. The number of nitrogens with zero attached hydrogens (tertiary/aromatic N) is 1. The van der Waals surface area contributed by atoms with E-state index < -0.39 is 0 Å². The Labute approximate surface area is 86.8 Å². The van der Waals surface area contributed by atoms with Crippen LogP contribution in [0.1, 0.15) is 12.1 Å². The van der Waals surface area contributed by atoms with Gasteiger partial charge in [-0.25, -0.2) is 0 Å². The fraction of sp³-hybridized carbons (Fsp3) is 0.375. The molecule has 0 saturated carbocycles. The summed E-state index contributed by atoms with van der Waals surface area (Å²) in [7, 11) is 0. The summed E-state index contributed by atoms with van der Waals surface area (Å²) in [6.07, 6.45) is 2.08. The number of fused-ring (bicyclic) bond motifs is 1. The summed E-state index contributed by atoms with van der Waals surface area (Å²) >= 11 is 6.68. The normalized spacial score (nSPS) is 14.8. The van der Waals surface area contributed by atoms with Crippen LogP contribution in [-0.2, 0) is 13.0 Å². The van der Waals surface area contributed by atoms with E-state index >= 15 is 0 Å². The maximum absolute atomic E-state index is 11.5. The molecule has 0 radical (unpaired) electrons. The summed E-state index contributed by atoms with van der Waals surface area (Å²) in [5.41, 5.74) is 1.22. The standard InChI is InChI=1S/C8H7Br2NO/c9-5-4-6(10)8(12)11-3-1-2-7(5)11/h4H,1-3H2. The zero-order chi connectivity index (χ0) is 8.72. The second-order valence-corrected chi connectivity index (χ2v) is 4.56. The SMILES string of the molecule is O=c1c(Br)cc(Br)c2n1CCC2. The van der Waals surface area contributed by atoms with E-state index in [1.165, 1.54) is 0 Å². The van der Waals surface area contributed by atoms with Gasteiger partial charge in [0.2, 0.25) is 0 Å². The molecule has 1 aromatic heterocycles. The third-order valence-electron chi connectivity index (χ3n) is 2.10. The highest BCUT2D eigenvalue weighted by Gasteiger charge is 2.16. The topological polar surface area (TPSA) is 22.0 Å². The molecule has 0 fully saturated rings. The van der Waals surface area contributed by atoms with E-state index in [9.17, 15) is 4.79 Å². The molecule has 1 aliphatic rings. The molecule has 2 nitrogen and oxygen atoms in total. The van der Waals surface area contributed by atoms with Gasteiger partial charge in [-0.1, -0.05) is 0 Å². The van der Waals surface area contributed by atoms with Crippen LogP contribution in [0.4, 0.5) is 0 Å². The van der Waals surface area contributed by atoms with Crippen molar-refractivity contribution in [3.05, 3.63) is 31.1 Å². The number of hydrogen-bond donors (Lipinski definition) is 0. The molecule has 4 heteroatoms. The minimum Gasteiger partial charge on any atom is -0.311 e. The molecule has 2 heterocycles. The van der Waals surface area contributed by atoms with Gasteiger partial charge in [-0.15, -0.1) is 0 Å². The monoisotopic (exact) mass is 291 g/mol. The Kier molecular flexibility index (Phi) is 2.12. The van der Waals surface area contributed by atoms with Gasteiger partial charge in [-0.2, -0.15) is 0 Å². The van der Waals surface area contributed by atoms with Gasteiger partial charge >= 0.3 is 0 Å². The Balaban J connectivity index is 2.78. The molecule has 1 aromatic rings. The highest BCUT2D eigenvalue weighted by Crippen LogP contribution is 2.24. The second-order valence-electron chi connectivity index (χ2n) is 2.85. The predicted molar refractivity (Wildman–Crippen MR) is 54.4 cm³/mol. The molecule has 0 atom stereocenters. The molecule has 0 N–H and O–H groups in total. The summed E-state index contributed by atoms with van der Waals surface area (Å²) in [6, 6.07) is 1.83. The van der Waals surface area contributed by atoms with Crippen molar-refractivity contribution in [3.63, 3.8) is 0 Å². The molecule has 0 aromatic carbocycles. The molecule has 0 spiro atoms. The Bertz CT molecular complexity index is 383. The maximum Gasteiger partial charge on any atom is 0.265 e. The molecule has 12 heavy (non-hydrogen) atoms. The molecule has 64 valence electrons. The lowest BCUT2D eigenvalue weighted by Crippen LogP contribution is -2.19. The van der Waals surface area contributed by atoms with E-state index in [-0.39, 0.29) is 5.56 Å². The lowest BCUT2D eigenvalue weighted by Gasteiger charge is -2.04. The van der Waals surface area contributed by atoms with Crippen molar-refractivity contribution in [2.75, 3.05) is 0 Å². The van der Waals surface area contributed by atoms with Crippen LogP contribution in [0.15, 0.2) is 19.8 Å².